The summed E-state index contributed by atoms with van der Waals surface area (Å²) in [7, 11) is 0. The largest absolute Gasteiger partial charge is 0.305 e. The second kappa shape index (κ2) is 5.47. The summed E-state index contributed by atoms with van der Waals surface area (Å²) in [6.07, 6.45) is 5.77. The Labute approximate surface area is 116 Å². The van der Waals surface area contributed by atoms with Gasteiger partial charge in [0.05, 0.1) is 5.51 Å². The van der Waals surface area contributed by atoms with Crippen molar-refractivity contribution < 1.29 is 0 Å². The topological polar surface area (TPSA) is 37.8 Å². The smallest absolute Gasteiger partial charge is 0.0794 e. The van der Waals surface area contributed by atoms with E-state index < -0.39 is 0 Å². The molecule has 0 bridgehead atoms. The van der Waals surface area contributed by atoms with E-state index in [0.717, 1.165) is 6.54 Å². The first-order chi connectivity index (χ1) is 9.34. The van der Waals surface area contributed by atoms with Crippen molar-refractivity contribution in [1.29, 1.82) is 0 Å². The molecule has 19 heavy (non-hydrogen) atoms. The van der Waals surface area contributed by atoms with Crippen LogP contribution in [0.2, 0.25) is 0 Å². The Balaban J connectivity index is 1.83. The maximum Gasteiger partial charge on any atom is 0.0794 e. The van der Waals surface area contributed by atoms with E-state index in [0.29, 0.717) is 0 Å². The molecule has 2 aromatic heterocycles. The van der Waals surface area contributed by atoms with Crippen molar-refractivity contribution in [1.82, 2.24) is 15.3 Å². The number of benzene rings is 1. The van der Waals surface area contributed by atoms with Crippen LogP contribution in [0.25, 0.3) is 10.8 Å². The lowest BCUT2D eigenvalue weighted by molar-refractivity contribution is 0.580. The minimum atomic E-state index is 0.265. The van der Waals surface area contributed by atoms with Gasteiger partial charge in [-0.05, 0) is 17.9 Å². The minimum Gasteiger partial charge on any atom is -0.305 e. The third kappa shape index (κ3) is 2.64. The fourth-order valence-corrected chi connectivity index (χ4v) is 2.72. The molecule has 0 amide bonds. The fraction of sp³-hybridized carbons (Fsp3) is 0.200. The van der Waals surface area contributed by atoms with Gasteiger partial charge in [0.1, 0.15) is 0 Å². The lowest BCUT2D eigenvalue weighted by Crippen LogP contribution is -2.17. The average molecular weight is 269 g/mol. The second-order valence-corrected chi connectivity index (χ2v) is 5.49. The minimum absolute atomic E-state index is 0.265. The zero-order valence-corrected chi connectivity index (χ0v) is 11.5. The number of hydrogen-bond acceptors (Lipinski definition) is 4. The summed E-state index contributed by atoms with van der Waals surface area (Å²) in [5.41, 5.74) is 3.10. The molecule has 2 heterocycles. The first-order valence-corrected chi connectivity index (χ1v) is 7.16. The maximum absolute atomic E-state index is 4.33. The van der Waals surface area contributed by atoms with Gasteiger partial charge >= 0.3 is 0 Å². The van der Waals surface area contributed by atoms with Gasteiger partial charge in [-0.25, -0.2) is 0 Å². The molecule has 0 spiro atoms. The van der Waals surface area contributed by atoms with Crippen molar-refractivity contribution in [3.8, 4) is 0 Å². The summed E-state index contributed by atoms with van der Waals surface area (Å²) < 4.78 is 0. The van der Waals surface area contributed by atoms with Crippen LogP contribution >= 0.6 is 11.3 Å². The number of pyridine rings is 1. The molecule has 0 radical (unpaired) electrons. The van der Waals surface area contributed by atoms with E-state index in [1.54, 1.807) is 11.3 Å². The highest BCUT2D eigenvalue weighted by atomic mass is 32.1. The summed E-state index contributed by atoms with van der Waals surface area (Å²) in [4.78, 5) is 9.67. The molecule has 3 aromatic rings. The number of aromatic nitrogens is 2. The predicted octanol–water partition coefficient (Wildman–Crippen LogP) is 3.54. The van der Waals surface area contributed by atoms with Crippen LogP contribution in [0, 0.1) is 0 Å². The lowest BCUT2D eigenvalue weighted by atomic mass is 10.0. The van der Waals surface area contributed by atoms with Gasteiger partial charge in [0, 0.05) is 41.4 Å². The molecule has 1 N–H and O–H groups in total. The Morgan fingerprint density at radius 3 is 2.89 bits per heavy atom. The number of nitrogens with zero attached hydrogens (tertiary/aromatic N) is 2. The van der Waals surface area contributed by atoms with Gasteiger partial charge in [-0.2, -0.15) is 0 Å². The molecular formula is C15H15N3S. The van der Waals surface area contributed by atoms with Crippen LogP contribution in [0.4, 0.5) is 0 Å². The summed E-state index contributed by atoms with van der Waals surface area (Å²) in [6.45, 7) is 3.01. The van der Waals surface area contributed by atoms with Crippen molar-refractivity contribution in [2.24, 2.45) is 0 Å². The molecular weight excluding hydrogens is 254 g/mol. The van der Waals surface area contributed by atoms with Gasteiger partial charge in [-0.15, -0.1) is 11.3 Å². The Bertz CT molecular complexity index is 659. The van der Waals surface area contributed by atoms with Crippen molar-refractivity contribution in [3.05, 3.63) is 58.8 Å². The Morgan fingerprint density at radius 2 is 2.05 bits per heavy atom. The van der Waals surface area contributed by atoms with Gasteiger partial charge in [0.25, 0.3) is 0 Å². The van der Waals surface area contributed by atoms with Crippen molar-refractivity contribution >= 4 is 22.1 Å². The first-order valence-electron chi connectivity index (χ1n) is 6.28. The van der Waals surface area contributed by atoms with Crippen molar-refractivity contribution in [2.45, 2.75) is 19.5 Å². The van der Waals surface area contributed by atoms with Crippen molar-refractivity contribution in [2.75, 3.05) is 0 Å². The zero-order chi connectivity index (χ0) is 13.1. The molecule has 4 heteroatoms. The lowest BCUT2D eigenvalue weighted by Gasteiger charge is -2.15. The molecule has 96 valence electrons. The van der Waals surface area contributed by atoms with E-state index in [2.05, 4.69) is 40.4 Å². The summed E-state index contributed by atoms with van der Waals surface area (Å²) in [5, 5.41) is 5.98. The molecule has 0 saturated carbocycles. The molecule has 3 rings (SSSR count). The highest BCUT2D eigenvalue weighted by Crippen LogP contribution is 2.23. The van der Waals surface area contributed by atoms with Gasteiger partial charge in [0.2, 0.25) is 0 Å². The SMILES string of the molecule is CC(NCc1cncs1)c1cncc2ccccc12. The molecule has 3 nitrogen and oxygen atoms in total. The first kappa shape index (κ1) is 12.3. The number of hydrogen-bond donors (Lipinski definition) is 1. The van der Waals surface area contributed by atoms with Crippen LogP contribution in [0.1, 0.15) is 23.4 Å². The molecule has 1 aromatic carbocycles. The number of fused-ring (bicyclic) bond motifs is 1. The van der Waals surface area contributed by atoms with Crippen LogP contribution in [-0.4, -0.2) is 9.97 Å². The van der Waals surface area contributed by atoms with E-state index in [9.17, 15) is 0 Å². The summed E-state index contributed by atoms with van der Waals surface area (Å²) >= 11 is 1.67. The van der Waals surface area contributed by atoms with E-state index in [1.165, 1.54) is 21.2 Å². The fourth-order valence-electron chi connectivity index (χ4n) is 2.18. The molecule has 1 atom stereocenters. The van der Waals surface area contributed by atoms with Crippen molar-refractivity contribution in [3.63, 3.8) is 0 Å². The molecule has 0 fully saturated rings. The second-order valence-electron chi connectivity index (χ2n) is 4.52. The zero-order valence-electron chi connectivity index (χ0n) is 10.7. The van der Waals surface area contributed by atoms with Crippen LogP contribution < -0.4 is 5.32 Å². The molecule has 1 unspecified atom stereocenters. The monoisotopic (exact) mass is 269 g/mol. The Hall–Kier alpha value is -1.78. The standard InChI is InChI=1S/C15H15N3S/c1-11(18-8-13-7-17-10-19-13)15-9-16-6-12-4-2-3-5-14(12)15/h2-7,9-11,18H,8H2,1H3. The highest BCUT2D eigenvalue weighted by Gasteiger charge is 2.09. The third-order valence-corrected chi connectivity index (χ3v) is 4.01. The van der Waals surface area contributed by atoms with E-state index in [1.807, 2.05) is 30.2 Å². The van der Waals surface area contributed by atoms with Gasteiger partial charge < -0.3 is 5.32 Å². The normalized spacial score (nSPS) is 12.7. The van der Waals surface area contributed by atoms with Crippen LogP contribution in [0.15, 0.2) is 48.4 Å². The maximum atomic E-state index is 4.33. The Kier molecular flexibility index (Phi) is 3.53. The number of thiazole rings is 1. The van der Waals surface area contributed by atoms with E-state index in [4.69, 9.17) is 0 Å². The van der Waals surface area contributed by atoms with Crippen LogP contribution in [0.5, 0.6) is 0 Å². The van der Waals surface area contributed by atoms with Gasteiger partial charge in [-0.1, -0.05) is 24.3 Å². The van der Waals surface area contributed by atoms with Crippen LogP contribution in [0.3, 0.4) is 0 Å². The third-order valence-electron chi connectivity index (χ3n) is 3.23. The van der Waals surface area contributed by atoms with Gasteiger partial charge in [0.15, 0.2) is 0 Å². The summed E-state index contributed by atoms with van der Waals surface area (Å²) in [5.74, 6) is 0. The quantitative estimate of drug-likeness (QED) is 0.787. The van der Waals surface area contributed by atoms with Crippen LogP contribution in [-0.2, 0) is 6.54 Å². The molecule has 0 aliphatic heterocycles. The van der Waals surface area contributed by atoms with Gasteiger partial charge in [-0.3, -0.25) is 9.97 Å². The summed E-state index contributed by atoms with van der Waals surface area (Å²) in [6, 6.07) is 8.63. The van der Waals surface area contributed by atoms with E-state index in [-0.39, 0.29) is 6.04 Å². The molecule has 0 aliphatic rings. The average Bonchev–Trinajstić information content (AvgIpc) is 2.97. The predicted molar refractivity (Wildman–Crippen MR) is 79.1 cm³/mol. The number of nitrogens with one attached hydrogen (secondary N) is 1. The Morgan fingerprint density at radius 1 is 1.16 bits per heavy atom. The molecule has 0 saturated heterocycles. The van der Waals surface area contributed by atoms with E-state index >= 15 is 0 Å². The molecule has 0 aliphatic carbocycles. The number of rotatable bonds is 4. The highest BCUT2D eigenvalue weighted by molar-refractivity contribution is 7.09.